The molecule has 0 saturated heterocycles. The van der Waals surface area contributed by atoms with Gasteiger partial charge in [-0.15, -0.1) is 0 Å². The van der Waals surface area contributed by atoms with Crippen LogP contribution in [0, 0.1) is 17.0 Å². The first-order chi connectivity index (χ1) is 15.4. The minimum atomic E-state index is -1.32. The van der Waals surface area contributed by atoms with Crippen LogP contribution in [-0.2, 0) is 9.53 Å². The summed E-state index contributed by atoms with van der Waals surface area (Å²) >= 11 is 0. The molecule has 7 nitrogen and oxygen atoms in total. The Bertz CT molecular complexity index is 1240. The molecule has 9 heteroatoms. The van der Waals surface area contributed by atoms with E-state index in [0.29, 0.717) is 22.5 Å². The summed E-state index contributed by atoms with van der Waals surface area (Å²) < 4.78 is 31.7. The smallest absolute Gasteiger partial charge is 0.291 e. The average molecular weight is 433 g/mol. The number of halogens is 2. The number of amides is 1. The molecule has 0 fully saturated rings. The van der Waals surface area contributed by atoms with Crippen molar-refractivity contribution in [2.45, 2.75) is 6.17 Å². The molecule has 32 heavy (non-hydrogen) atoms. The molecule has 0 bridgehead atoms. The fourth-order valence-electron chi connectivity index (χ4n) is 3.08. The number of benzene rings is 3. The van der Waals surface area contributed by atoms with Crippen LogP contribution in [0.15, 0.2) is 82.8 Å². The van der Waals surface area contributed by atoms with E-state index in [9.17, 15) is 13.6 Å². The van der Waals surface area contributed by atoms with Gasteiger partial charge in [0.15, 0.2) is 0 Å². The largest absolute Gasteiger partial charge is 0.407 e. The molecular formula is C23H17F2N5O2. The van der Waals surface area contributed by atoms with Gasteiger partial charge in [-0.3, -0.25) is 10.2 Å². The van der Waals surface area contributed by atoms with Crippen molar-refractivity contribution in [3.8, 4) is 0 Å². The van der Waals surface area contributed by atoms with E-state index in [1.807, 2.05) is 0 Å². The minimum absolute atomic E-state index is 0.276. The summed E-state index contributed by atoms with van der Waals surface area (Å²) in [7, 11) is 0. The van der Waals surface area contributed by atoms with Gasteiger partial charge in [-0.05, 0) is 54.6 Å². The Morgan fingerprint density at radius 3 is 2.31 bits per heavy atom. The van der Waals surface area contributed by atoms with Crippen LogP contribution in [0.5, 0.6) is 0 Å². The standard InChI is InChI=1S/C23H17F2N5O2/c24-15-9-5-13(6-10-15)19-17-3-1-2-4-18(17)28-22(31)21(29-19)30-23(27)32-20(26)14-7-11-16(25)12-8-14/h1-12,21,26H,(H2,27,30)(H,28,31). The van der Waals surface area contributed by atoms with Gasteiger partial charge >= 0.3 is 0 Å². The number of fused-ring (bicyclic) bond motifs is 1. The summed E-state index contributed by atoms with van der Waals surface area (Å²) in [5, 5.41) is 10.7. The van der Waals surface area contributed by atoms with E-state index in [2.05, 4.69) is 15.3 Å². The number of rotatable bonds is 3. The van der Waals surface area contributed by atoms with Gasteiger partial charge in [0.1, 0.15) is 11.6 Å². The van der Waals surface area contributed by atoms with E-state index in [-0.39, 0.29) is 11.5 Å². The van der Waals surface area contributed by atoms with Crippen molar-refractivity contribution in [1.29, 1.82) is 5.41 Å². The van der Waals surface area contributed by atoms with Gasteiger partial charge in [-0.1, -0.05) is 18.2 Å². The highest BCUT2D eigenvalue weighted by molar-refractivity contribution is 6.19. The van der Waals surface area contributed by atoms with Crippen LogP contribution in [0.25, 0.3) is 0 Å². The Morgan fingerprint density at radius 2 is 1.62 bits per heavy atom. The number of carbonyl (C=O) groups is 1. The zero-order valence-corrected chi connectivity index (χ0v) is 16.5. The second kappa shape index (κ2) is 8.76. The number of para-hydroxylation sites is 1. The Labute approximate surface area is 181 Å². The molecule has 4 rings (SSSR count). The number of hydrogen-bond donors (Lipinski definition) is 3. The van der Waals surface area contributed by atoms with E-state index < -0.39 is 29.7 Å². The fourth-order valence-corrected chi connectivity index (χ4v) is 3.08. The third kappa shape index (κ3) is 4.51. The molecule has 0 spiro atoms. The van der Waals surface area contributed by atoms with Crippen molar-refractivity contribution in [2.75, 3.05) is 5.32 Å². The second-order valence-electron chi connectivity index (χ2n) is 6.80. The monoisotopic (exact) mass is 433 g/mol. The lowest BCUT2D eigenvalue weighted by Crippen LogP contribution is -2.29. The van der Waals surface area contributed by atoms with Gasteiger partial charge in [-0.2, -0.15) is 4.99 Å². The molecule has 1 unspecified atom stereocenters. The molecule has 3 aromatic carbocycles. The van der Waals surface area contributed by atoms with Crippen LogP contribution in [0.4, 0.5) is 14.5 Å². The van der Waals surface area contributed by atoms with Crippen LogP contribution < -0.4 is 11.1 Å². The third-order valence-corrected chi connectivity index (χ3v) is 4.61. The van der Waals surface area contributed by atoms with Crippen LogP contribution in [0.2, 0.25) is 0 Å². The van der Waals surface area contributed by atoms with Gasteiger partial charge in [0.25, 0.3) is 11.9 Å². The van der Waals surface area contributed by atoms with E-state index >= 15 is 0 Å². The summed E-state index contributed by atoms with van der Waals surface area (Å²) in [5.41, 5.74) is 8.21. The van der Waals surface area contributed by atoms with Gasteiger partial charge < -0.3 is 15.8 Å². The van der Waals surface area contributed by atoms with Gasteiger partial charge in [-0.25, -0.2) is 13.8 Å². The molecule has 0 aromatic heterocycles. The number of nitrogens with two attached hydrogens (primary N) is 1. The van der Waals surface area contributed by atoms with Crippen LogP contribution in [0.3, 0.4) is 0 Å². The number of hydrogen-bond acceptors (Lipinski definition) is 5. The Hall–Kier alpha value is -4.40. The molecule has 0 aliphatic carbocycles. The molecule has 160 valence electrons. The molecule has 1 aliphatic heterocycles. The molecule has 4 N–H and O–H groups in total. The lowest BCUT2D eigenvalue weighted by atomic mass is 10.0. The van der Waals surface area contributed by atoms with Crippen molar-refractivity contribution in [2.24, 2.45) is 15.7 Å². The van der Waals surface area contributed by atoms with Gasteiger partial charge in [0.2, 0.25) is 12.1 Å². The molecule has 1 aliphatic rings. The Balaban J connectivity index is 1.67. The molecular weight excluding hydrogens is 416 g/mol. The van der Waals surface area contributed by atoms with E-state index in [1.54, 1.807) is 36.4 Å². The van der Waals surface area contributed by atoms with Crippen molar-refractivity contribution in [1.82, 2.24) is 0 Å². The quantitative estimate of drug-likeness (QED) is 0.434. The normalized spacial score (nSPS) is 15.8. The summed E-state index contributed by atoms with van der Waals surface area (Å²) in [6, 6.07) is 17.3. The molecule has 0 saturated carbocycles. The highest BCUT2D eigenvalue weighted by Gasteiger charge is 2.26. The number of nitrogens with one attached hydrogen (secondary N) is 2. The predicted octanol–water partition coefficient (Wildman–Crippen LogP) is 3.44. The number of nitrogens with zero attached hydrogens (tertiary/aromatic N) is 2. The SMILES string of the molecule is N=C(OC(N)=NC1N=C(c2ccc(F)cc2)c2ccccc2NC1=O)c1ccc(F)cc1. The highest BCUT2D eigenvalue weighted by atomic mass is 19.1. The topological polar surface area (TPSA) is 113 Å². The first kappa shape index (κ1) is 20.9. The maximum atomic E-state index is 13.4. The molecule has 1 atom stereocenters. The number of ether oxygens (including phenoxy) is 1. The van der Waals surface area contributed by atoms with E-state index in [0.717, 1.165) is 0 Å². The van der Waals surface area contributed by atoms with Gasteiger partial charge in [0, 0.05) is 16.7 Å². The van der Waals surface area contributed by atoms with Gasteiger partial charge in [0.05, 0.1) is 11.4 Å². The third-order valence-electron chi connectivity index (χ3n) is 4.61. The zero-order valence-electron chi connectivity index (χ0n) is 16.5. The van der Waals surface area contributed by atoms with Crippen molar-refractivity contribution in [3.63, 3.8) is 0 Å². The number of anilines is 1. The van der Waals surface area contributed by atoms with Crippen LogP contribution >= 0.6 is 0 Å². The van der Waals surface area contributed by atoms with E-state index in [4.69, 9.17) is 15.9 Å². The fraction of sp³-hybridized carbons (Fsp3) is 0.0435. The first-order valence-corrected chi connectivity index (χ1v) is 9.50. The van der Waals surface area contributed by atoms with E-state index in [1.165, 1.54) is 36.4 Å². The van der Waals surface area contributed by atoms with Crippen LogP contribution in [-0.4, -0.2) is 29.7 Å². The number of amidine groups is 1. The molecule has 0 radical (unpaired) electrons. The first-order valence-electron chi connectivity index (χ1n) is 9.50. The van der Waals surface area contributed by atoms with Crippen molar-refractivity contribution in [3.05, 3.63) is 101 Å². The lowest BCUT2D eigenvalue weighted by Gasteiger charge is -2.10. The summed E-state index contributed by atoms with van der Waals surface area (Å²) in [6.45, 7) is 0. The Morgan fingerprint density at radius 1 is 1.00 bits per heavy atom. The van der Waals surface area contributed by atoms with Crippen LogP contribution in [0.1, 0.15) is 16.7 Å². The van der Waals surface area contributed by atoms with Crippen molar-refractivity contribution >= 4 is 29.2 Å². The summed E-state index contributed by atoms with van der Waals surface area (Å²) in [4.78, 5) is 21.2. The molecule has 1 amide bonds. The number of aliphatic imine (C=N–C) groups is 2. The maximum Gasteiger partial charge on any atom is 0.291 e. The minimum Gasteiger partial charge on any atom is -0.407 e. The Kier molecular flexibility index (Phi) is 5.71. The predicted molar refractivity (Wildman–Crippen MR) is 117 cm³/mol. The second-order valence-corrected chi connectivity index (χ2v) is 6.80. The average Bonchev–Trinajstić information content (AvgIpc) is 2.91. The number of carbonyl (C=O) groups excluding carboxylic acids is 1. The maximum absolute atomic E-state index is 13.4. The lowest BCUT2D eigenvalue weighted by molar-refractivity contribution is -0.117. The zero-order chi connectivity index (χ0) is 22.7. The van der Waals surface area contributed by atoms with Crippen molar-refractivity contribution < 1.29 is 18.3 Å². The molecule has 1 heterocycles. The highest BCUT2D eigenvalue weighted by Crippen LogP contribution is 2.24. The molecule has 3 aromatic rings. The summed E-state index contributed by atoms with van der Waals surface area (Å²) in [5.74, 6) is -1.79. The summed E-state index contributed by atoms with van der Waals surface area (Å²) in [6.07, 6.45) is -1.32. The number of benzodiazepines with no additional fused rings is 1.